The fourth-order valence-corrected chi connectivity index (χ4v) is 3.73. The molecule has 0 saturated heterocycles. The fraction of sp³-hybridized carbons (Fsp3) is 0.565. The molecule has 1 aromatic heterocycles. The average molecular weight is 454 g/mol. The van der Waals surface area contributed by atoms with Gasteiger partial charge in [-0.2, -0.15) is 13.2 Å². The van der Waals surface area contributed by atoms with Gasteiger partial charge in [0.05, 0.1) is 11.7 Å². The Balaban J connectivity index is 1.88. The van der Waals surface area contributed by atoms with Crippen LogP contribution in [0.5, 0.6) is 0 Å². The number of aliphatic hydroxyl groups is 1. The van der Waals surface area contributed by atoms with E-state index in [0.717, 1.165) is 31.4 Å². The lowest BCUT2D eigenvalue weighted by atomic mass is 9.92. The Morgan fingerprint density at radius 1 is 1.22 bits per heavy atom. The summed E-state index contributed by atoms with van der Waals surface area (Å²) >= 11 is 0. The summed E-state index contributed by atoms with van der Waals surface area (Å²) in [4.78, 5) is 12.9. The zero-order valence-electron chi connectivity index (χ0n) is 18.5. The molecule has 0 radical (unpaired) electrons. The first-order chi connectivity index (χ1) is 15.1. The molecule has 3 rings (SSSR count). The van der Waals surface area contributed by atoms with E-state index in [1.807, 2.05) is 20.8 Å². The minimum atomic E-state index is -4.44. The lowest BCUT2D eigenvalue weighted by Gasteiger charge is -2.26. The summed E-state index contributed by atoms with van der Waals surface area (Å²) in [5.74, 6) is 0.0732. The van der Waals surface area contributed by atoms with Gasteiger partial charge in [0.1, 0.15) is 0 Å². The van der Waals surface area contributed by atoms with Gasteiger partial charge in [0.25, 0.3) is 5.91 Å². The van der Waals surface area contributed by atoms with Crippen molar-refractivity contribution in [2.45, 2.75) is 77.4 Å². The van der Waals surface area contributed by atoms with Crippen molar-refractivity contribution < 1.29 is 27.6 Å². The van der Waals surface area contributed by atoms with E-state index in [1.165, 1.54) is 12.1 Å². The van der Waals surface area contributed by atoms with Crippen molar-refractivity contribution in [3.05, 3.63) is 41.1 Å². The van der Waals surface area contributed by atoms with Crippen LogP contribution < -0.4 is 10.6 Å². The second-order valence-corrected chi connectivity index (χ2v) is 8.82. The maximum Gasteiger partial charge on any atom is 0.416 e. The summed E-state index contributed by atoms with van der Waals surface area (Å²) in [5.41, 5.74) is 0.233. The Bertz CT molecular complexity index is 909. The average Bonchev–Trinajstić information content (AvgIpc) is 3.15. The highest BCUT2D eigenvalue weighted by atomic mass is 19.4. The van der Waals surface area contributed by atoms with Crippen LogP contribution in [0.1, 0.15) is 68.1 Å². The zero-order valence-corrected chi connectivity index (χ0v) is 18.5. The smallest absolute Gasteiger partial charge is 0.393 e. The van der Waals surface area contributed by atoms with Gasteiger partial charge in [0, 0.05) is 29.8 Å². The molecule has 32 heavy (non-hydrogen) atoms. The van der Waals surface area contributed by atoms with Crippen LogP contribution in [0, 0.1) is 5.92 Å². The molecular formula is C23H30F3N3O3. The predicted molar refractivity (Wildman–Crippen MR) is 114 cm³/mol. The Morgan fingerprint density at radius 3 is 2.50 bits per heavy atom. The first kappa shape index (κ1) is 24.3. The molecule has 9 heteroatoms. The number of aromatic nitrogens is 1. The number of alkyl halides is 3. The summed E-state index contributed by atoms with van der Waals surface area (Å²) in [7, 11) is 0. The molecule has 3 atom stereocenters. The molecule has 1 aliphatic rings. The predicted octanol–water partition coefficient (Wildman–Crippen LogP) is 4.53. The third-order valence-corrected chi connectivity index (χ3v) is 6.05. The van der Waals surface area contributed by atoms with E-state index in [0.29, 0.717) is 17.5 Å². The second-order valence-electron chi connectivity index (χ2n) is 8.82. The highest BCUT2D eigenvalue weighted by Crippen LogP contribution is 2.33. The number of halogens is 3. The molecule has 6 nitrogen and oxygen atoms in total. The van der Waals surface area contributed by atoms with Crippen molar-refractivity contribution in [1.82, 2.24) is 15.8 Å². The summed E-state index contributed by atoms with van der Waals surface area (Å²) < 4.78 is 44.3. The van der Waals surface area contributed by atoms with Gasteiger partial charge in [-0.05, 0) is 50.7 Å². The van der Waals surface area contributed by atoms with E-state index >= 15 is 0 Å². The SMILES string of the molecule is CC(C)[C@H](C)NC(=O)c1noc(-c2ccc(C(F)(F)F)cc2)c1CNC1CCCC(O)C1. The van der Waals surface area contributed by atoms with Gasteiger partial charge in [0.2, 0.25) is 0 Å². The largest absolute Gasteiger partial charge is 0.416 e. The number of hydrogen-bond acceptors (Lipinski definition) is 5. The number of benzene rings is 1. The Labute approximate surface area is 185 Å². The highest BCUT2D eigenvalue weighted by molar-refractivity contribution is 5.95. The number of amides is 1. The van der Waals surface area contributed by atoms with Crippen molar-refractivity contribution in [2.24, 2.45) is 5.92 Å². The molecule has 3 N–H and O–H groups in total. The standard InChI is InChI=1S/C23H30F3N3O3/c1-13(2)14(3)28-22(31)20-19(12-27-17-5-4-6-18(30)11-17)21(32-29-20)15-7-9-16(10-8-15)23(24,25)26/h7-10,13-14,17-18,27,30H,4-6,11-12H2,1-3H3,(H,28,31)/t14-,17?,18?/m0/s1. The van der Waals surface area contributed by atoms with E-state index in [9.17, 15) is 23.1 Å². The van der Waals surface area contributed by atoms with Crippen LogP contribution in [0.2, 0.25) is 0 Å². The molecule has 1 aliphatic carbocycles. The number of hydrogen-bond donors (Lipinski definition) is 3. The maximum atomic E-state index is 12.9. The van der Waals surface area contributed by atoms with Gasteiger partial charge >= 0.3 is 6.18 Å². The van der Waals surface area contributed by atoms with Gasteiger partial charge in [0.15, 0.2) is 11.5 Å². The quantitative estimate of drug-likeness (QED) is 0.574. The molecule has 0 aliphatic heterocycles. The molecule has 2 aromatic rings. The first-order valence-corrected chi connectivity index (χ1v) is 10.9. The summed E-state index contributed by atoms with van der Waals surface area (Å²) in [6.45, 7) is 6.10. The number of carbonyl (C=O) groups is 1. The Hall–Kier alpha value is -2.39. The van der Waals surface area contributed by atoms with Crippen LogP contribution in [-0.2, 0) is 12.7 Å². The molecule has 2 unspecified atom stereocenters. The molecule has 1 heterocycles. The Morgan fingerprint density at radius 2 is 1.91 bits per heavy atom. The molecule has 1 fully saturated rings. The summed E-state index contributed by atoms with van der Waals surface area (Å²) in [5, 5.41) is 20.1. The number of rotatable bonds is 7. The molecule has 0 spiro atoms. The minimum absolute atomic E-state index is 0.0691. The zero-order chi connectivity index (χ0) is 23.5. The van der Waals surface area contributed by atoms with Crippen LogP contribution in [-0.4, -0.2) is 34.4 Å². The molecule has 1 aromatic carbocycles. The van der Waals surface area contributed by atoms with Crippen LogP contribution in [0.3, 0.4) is 0 Å². The van der Waals surface area contributed by atoms with E-state index in [2.05, 4.69) is 15.8 Å². The number of nitrogens with one attached hydrogen (secondary N) is 2. The number of aliphatic hydroxyl groups excluding tert-OH is 1. The van der Waals surface area contributed by atoms with E-state index < -0.39 is 17.6 Å². The first-order valence-electron chi connectivity index (χ1n) is 10.9. The lowest BCUT2D eigenvalue weighted by Crippen LogP contribution is -2.38. The van der Waals surface area contributed by atoms with Crippen LogP contribution >= 0.6 is 0 Å². The minimum Gasteiger partial charge on any atom is -0.393 e. The third kappa shape index (κ3) is 5.89. The van der Waals surface area contributed by atoms with Crippen molar-refractivity contribution in [3.63, 3.8) is 0 Å². The van der Waals surface area contributed by atoms with E-state index in [4.69, 9.17) is 4.52 Å². The van der Waals surface area contributed by atoms with Gasteiger partial charge in [-0.3, -0.25) is 4.79 Å². The van der Waals surface area contributed by atoms with Crippen LogP contribution in [0.25, 0.3) is 11.3 Å². The maximum absolute atomic E-state index is 12.9. The van der Waals surface area contributed by atoms with Gasteiger partial charge < -0.3 is 20.3 Å². The number of carbonyl (C=O) groups excluding carboxylic acids is 1. The lowest BCUT2D eigenvalue weighted by molar-refractivity contribution is -0.137. The topological polar surface area (TPSA) is 87.4 Å². The summed E-state index contributed by atoms with van der Waals surface area (Å²) in [6.07, 6.45) is -1.65. The molecular weight excluding hydrogens is 423 g/mol. The van der Waals surface area contributed by atoms with Gasteiger partial charge in [-0.1, -0.05) is 31.1 Å². The fourth-order valence-electron chi connectivity index (χ4n) is 3.73. The monoisotopic (exact) mass is 453 g/mol. The Kier molecular flexibility index (Phi) is 7.61. The molecule has 0 bridgehead atoms. The molecule has 1 amide bonds. The van der Waals surface area contributed by atoms with Crippen molar-refractivity contribution in [2.75, 3.05) is 0 Å². The van der Waals surface area contributed by atoms with Gasteiger partial charge in [-0.15, -0.1) is 0 Å². The highest BCUT2D eigenvalue weighted by Gasteiger charge is 2.31. The van der Waals surface area contributed by atoms with Crippen molar-refractivity contribution in [1.29, 1.82) is 0 Å². The van der Waals surface area contributed by atoms with Crippen molar-refractivity contribution >= 4 is 5.91 Å². The summed E-state index contributed by atoms with van der Waals surface area (Å²) in [6, 6.07) is 4.56. The van der Waals surface area contributed by atoms with Gasteiger partial charge in [-0.25, -0.2) is 0 Å². The molecule has 1 saturated carbocycles. The van der Waals surface area contributed by atoms with Crippen molar-refractivity contribution in [3.8, 4) is 11.3 Å². The van der Waals surface area contributed by atoms with E-state index in [-0.39, 0.29) is 42.1 Å². The second kappa shape index (κ2) is 10.0. The number of nitrogens with zero attached hydrogens (tertiary/aromatic N) is 1. The van der Waals surface area contributed by atoms with Crippen LogP contribution in [0.4, 0.5) is 13.2 Å². The van der Waals surface area contributed by atoms with E-state index in [1.54, 1.807) is 0 Å². The molecule has 176 valence electrons. The normalized spacial score (nSPS) is 20.4. The third-order valence-electron chi connectivity index (χ3n) is 6.05. The van der Waals surface area contributed by atoms with Crippen LogP contribution in [0.15, 0.2) is 28.8 Å².